The van der Waals surface area contributed by atoms with Crippen LogP contribution in [0.2, 0.25) is 0 Å². The standard InChI is InChI=1S/C12H15F3N2O3S/c1-16(5-9-3-2-4-21-9)10(18)6-17(7-11(19)20)8-12(13,14)15/h2-4H,5-8H2,1H3,(H,19,20). The molecule has 1 aromatic rings. The van der Waals surface area contributed by atoms with E-state index in [0.717, 1.165) is 4.88 Å². The van der Waals surface area contributed by atoms with Gasteiger partial charge in [0.05, 0.1) is 26.2 Å². The highest BCUT2D eigenvalue weighted by Gasteiger charge is 2.32. The molecule has 0 bridgehead atoms. The number of thiophene rings is 1. The molecule has 5 nitrogen and oxygen atoms in total. The molecular weight excluding hydrogens is 309 g/mol. The Balaban J connectivity index is 2.59. The first-order chi connectivity index (χ1) is 9.67. The van der Waals surface area contributed by atoms with Crippen molar-refractivity contribution in [3.05, 3.63) is 22.4 Å². The molecule has 0 spiro atoms. The number of halogens is 3. The summed E-state index contributed by atoms with van der Waals surface area (Å²) in [5.41, 5.74) is 0. The smallest absolute Gasteiger partial charge is 0.401 e. The molecule has 1 aromatic heterocycles. The summed E-state index contributed by atoms with van der Waals surface area (Å²) in [7, 11) is 1.47. The van der Waals surface area contributed by atoms with Gasteiger partial charge >= 0.3 is 12.1 Å². The zero-order chi connectivity index (χ0) is 16.0. The van der Waals surface area contributed by atoms with Gasteiger partial charge in [-0.1, -0.05) is 6.07 Å². The van der Waals surface area contributed by atoms with Gasteiger partial charge in [0.1, 0.15) is 0 Å². The number of alkyl halides is 3. The minimum atomic E-state index is -4.55. The average Bonchev–Trinajstić information content (AvgIpc) is 2.78. The molecule has 0 radical (unpaired) electrons. The summed E-state index contributed by atoms with van der Waals surface area (Å²) >= 11 is 1.43. The fraction of sp³-hybridized carbons (Fsp3) is 0.500. The molecule has 1 rings (SSSR count). The van der Waals surface area contributed by atoms with Crippen molar-refractivity contribution in [1.29, 1.82) is 0 Å². The Morgan fingerprint density at radius 1 is 1.33 bits per heavy atom. The average molecular weight is 324 g/mol. The summed E-state index contributed by atoms with van der Waals surface area (Å²) in [5, 5.41) is 10.4. The lowest BCUT2D eigenvalue weighted by Crippen LogP contribution is -2.44. The zero-order valence-corrected chi connectivity index (χ0v) is 12.1. The van der Waals surface area contributed by atoms with Crippen molar-refractivity contribution in [2.75, 3.05) is 26.7 Å². The lowest BCUT2D eigenvalue weighted by atomic mass is 10.3. The molecule has 0 fully saturated rings. The quantitative estimate of drug-likeness (QED) is 0.828. The number of hydrogen-bond acceptors (Lipinski definition) is 4. The number of carbonyl (C=O) groups is 2. The van der Waals surface area contributed by atoms with Crippen LogP contribution in [-0.4, -0.2) is 59.6 Å². The Hall–Kier alpha value is -1.61. The van der Waals surface area contributed by atoms with Crippen LogP contribution in [0.25, 0.3) is 0 Å². The predicted octanol–water partition coefficient (Wildman–Crippen LogP) is 1.66. The van der Waals surface area contributed by atoms with Gasteiger partial charge in [-0.25, -0.2) is 0 Å². The van der Waals surface area contributed by atoms with E-state index in [4.69, 9.17) is 5.11 Å². The van der Waals surface area contributed by atoms with Crippen LogP contribution >= 0.6 is 11.3 Å². The Kier molecular flexibility index (Phi) is 6.16. The molecule has 0 saturated carbocycles. The van der Waals surface area contributed by atoms with E-state index in [1.54, 1.807) is 12.1 Å². The molecule has 9 heteroatoms. The molecule has 0 aromatic carbocycles. The normalized spacial score (nSPS) is 11.7. The van der Waals surface area contributed by atoms with Crippen LogP contribution in [0.4, 0.5) is 13.2 Å². The van der Waals surface area contributed by atoms with Crippen LogP contribution < -0.4 is 0 Å². The lowest BCUT2D eigenvalue weighted by Gasteiger charge is -2.24. The van der Waals surface area contributed by atoms with Gasteiger partial charge in [0.25, 0.3) is 0 Å². The summed E-state index contributed by atoms with van der Waals surface area (Å²) in [6.45, 7) is -2.58. The number of amides is 1. The molecule has 0 aliphatic heterocycles. The van der Waals surface area contributed by atoms with E-state index >= 15 is 0 Å². The van der Waals surface area contributed by atoms with Gasteiger partial charge in [-0.15, -0.1) is 11.3 Å². The molecule has 1 N–H and O–H groups in total. The van der Waals surface area contributed by atoms with Crippen molar-refractivity contribution >= 4 is 23.2 Å². The fourth-order valence-electron chi connectivity index (χ4n) is 1.65. The van der Waals surface area contributed by atoms with Crippen molar-refractivity contribution < 1.29 is 27.9 Å². The van der Waals surface area contributed by atoms with Crippen LogP contribution in [0.1, 0.15) is 4.88 Å². The maximum absolute atomic E-state index is 12.4. The Morgan fingerprint density at radius 3 is 2.48 bits per heavy atom. The second-order valence-electron chi connectivity index (χ2n) is 4.48. The molecule has 0 atom stereocenters. The summed E-state index contributed by atoms with van der Waals surface area (Å²) < 4.78 is 37.1. The van der Waals surface area contributed by atoms with Crippen molar-refractivity contribution in [1.82, 2.24) is 9.80 Å². The number of rotatable bonds is 7. The highest BCUT2D eigenvalue weighted by atomic mass is 32.1. The highest BCUT2D eigenvalue weighted by Crippen LogP contribution is 2.17. The highest BCUT2D eigenvalue weighted by molar-refractivity contribution is 7.09. The first-order valence-electron chi connectivity index (χ1n) is 5.94. The summed E-state index contributed by atoms with van der Waals surface area (Å²) in [4.78, 5) is 25.2. The third-order valence-electron chi connectivity index (χ3n) is 2.52. The number of carboxylic acids is 1. The number of carboxylic acid groups (broad SMARTS) is 1. The largest absolute Gasteiger partial charge is 0.480 e. The maximum atomic E-state index is 12.4. The minimum absolute atomic E-state index is 0.281. The Bertz CT molecular complexity index is 477. The van der Waals surface area contributed by atoms with Gasteiger partial charge in [0.2, 0.25) is 5.91 Å². The van der Waals surface area contributed by atoms with E-state index < -0.39 is 37.7 Å². The monoisotopic (exact) mass is 324 g/mol. The van der Waals surface area contributed by atoms with Crippen molar-refractivity contribution in [2.24, 2.45) is 0 Å². The maximum Gasteiger partial charge on any atom is 0.401 e. The lowest BCUT2D eigenvalue weighted by molar-refractivity contribution is -0.156. The topological polar surface area (TPSA) is 60.9 Å². The minimum Gasteiger partial charge on any atom is -0.480 e. The molecule has 0 aliphatic carbocycles. The van der Waals surface area contributed by atoms with Gasteiger partial charge in [0.15, 0.2) is 0 Å². The number of hydrogen-bond donors (Lipinski definition) is 1. The van der Waals surface area contributed by atoms with Crippen molar-refractivity contribution in [3.63, 3.8) is 0 Å². The van der Waals surface area contributed by atoms with E-state index in [1.807, 2.05) is 5.38 Å². The van der Waals surface area contributed by atoms with E-state index in [-0.39, 0.29) is 6.54 Å². The van der Waals surface area contributed by atoms with E-state index in [9.17, 15) is 22.8 Å². The van der Waals surface area contributed by atoms with Crippen LogP contribution in [0, 0.1) is 0 Å². The number of carbonyl (C=O) groups excluding carboxylic acids is 1. The molecule has 0 saturated heterocycles. The number of aliphatic carboxylic acids is 1. The van der Waals surface area contributed by atoms with Crippen LogP contribution in [0.5, 0.6) is 0 Å². The van der Waals surface area contributed by atoms with E-state index in [2.05, 4.69) is 0 Å². The van der Waals surface area contributed by atoms with Crippen molar-refractivity contribution in [3.8, 4) is 0 Å². The molecule has 1 heterocycles. The van der Waals surface area contributed by atoms with Crippen LogP contribution in [-0.2, 0) is 16.1 Å². The fourth-order valence-corrected chi connectivity index (χ4v) is 2.41. The second-order valence-corrected chi connectivity index (χ2v) is 5.52. The number of nitrogens with zero attached hydrogens (tertiary/aromatic N) is 2. The Morgan fingerprint density at radius 2 is 2.00 bits per heavy atom. The first kappa shape index (κ1) is 17.4. The molecule has 1 amide bonds. The van der Waals surface area contributed by atoms with E-state index in [1.165, 1.54) is 23.3 Å². The predicted molar refractivity (Wildman–Crippen MR) is 70.9 cm³/mol. The molecule has 0 unspecified atom stereocenters. The molecular formula is C12H15F3N2O3S. The van der Waals surface area contributed by atoms with Gasteiger partial charge in [0, 0.05) is 11.9 Å². The van der Waals surface area contributed by atoms with E-state index in [0.29, 0.717) is 4.90 Å². The summed E-state index contributed by atoms with van der Waals surface area (Å²) in [6.07, 6.45) is -4.55. The third kappa shape index (κ3) is 7.09. The van der Waals surface area contributed by atoms with Crippen molar-refractivity contribution in [2.45, 2.75) is 12.7 Å². The number of likely N-dealkylation sites (N-methyl/N-ethyl adjacent to an activating group) is 1. The van der Waals surface area contributed by atoms with Gasteiger partial charge in [-0.05, 0) is 11.4 Å². The van der Waals surface area contributed by atoms with Crippen LogP contribution in [0.15, 0.2) is 17.5 Å². The summed E-state index contributed by atoms with van der Waals surface area (Å²) in [5.74, 6) is -1.97. The third-order valence-corrected chi connectivity index (χ3v) is 3.38. The van der Waals surface area contributed by atoms with Gasteiger partial charge in [-0.3, -0.25) is 14.5 Å². The first-order valence-corrected chi connectivity index (χ1v) is 6.82. The second kappa shape index (κ2) is 7.41. The molecule has 0 aliphatic rings. The van der Waals surface area contributed by atoms with Gasteiger partial charge in [-0.2, -0.15) is 13.2 Å². The zero-order valence-electron chi connectivity index (χ0n) is 11.3. The SMILES string of the molecule is CN(Cc1cccs1)C(=O)CN(CC(=O)O)CC(F)(F)F. The molecule has 118 valence electrons. The Labute approximate surface area is 123 Å². The van der Waals surface area contributed by atoms with Gasteiger partial charge < -0.3 is 10.0 Å². The molecule has 21 heavy (non-hydrogen) atoms. The van der Waals surface area contributed by atoms with Crippen LogP contribution in [0.3, 0.4) is 0 Å². The summed E-state index contributed by atoms with van der Waals surface area (Å²) in [6, 6.07) is 3.61.